The molecule has 0 fully saturated rings. The first kappa shape index (κ1) is 17.5. The molecule has 0 unspecified atom stereocenters. The fourth-order valence-electron chi connectivity index (χ4n) is 2.09. The SMILES string of the molecule is CC(C)(CCO)CNC(=O)c1cccc(OCc2cccs2)c1. The molecule has 0 aliphatic carbocycles. The maximum Gasteiger partial charge on any atom is 0.251 e. The van der Waals surface area contributed by atoms with Gasteiger partial charge in [-0.2, -0.15) is 0 Å². The molecular formula is C18H23NO3S. The van der Waals surface area contributed by atoms with Gasteiger partial charge in [-0.1, -0.05) is 26.0 Å². The van der Waals surface area contributed by atoms with Gasteiger partial charge in [0.25, 0.3) is 5.91 Å². The first-order chi connectivity index (χ1) is 11.0. The number of nitrogens with one attached hydrogen (secondary N) is 1. The Morgan fingerprint density at radius 2 is 2.13 bits per heavy atom. The zero-order chi connectivity index (χ0) is 16.7. The van der Waals surface area contributed by atoms with Crippen molar-refractivity contribution in [2.75, 3.05) is 13.2 Å². The molecule has 4 nitrogen and oxygen atoms in total. The molecule has 0 radical (unpaired) electrons. The van der Waals surface area contributed by atoms with Crippen LogP contribution in [0, 0.1) is 5.41 Å². The third-order valence-corrected chi connectivity index (χ3v) is 4.42. The van der Waals surface area contributed by atoms with E-state index in [1.165, 1.54) is 0 Å². The van der Waals surface area contributed by atoms with Crippen LogP contribution in [0.4, 0.5) is 0 Å². The standard InChI is InChI=1S/C18H23NO3S/c1-18(2,8-9-20)13-19-17(21)14-5-3-6-15(11-14)22-12-16-7-4-10-23-16/h3-7,10-11,20H,8-9,12-13H2,1-2H3,(H,19,21). The van der Waals surface area contributed by atoms with E-state index in [1.807, 2.05) is 43.5 Å². The van der Waals surface area contributed by atoms with Crippen LogP contribution in [0.1, 0.15) is 35.5 Å². The van der Waals surface area contributed by atoms with Crippen LogP contribution in [-0.2, 0) is 6.61 Å². The first-order valence-corrected chi connectivity index (χ1v) is 8.52. The molecule has 2 N–H and O–H groups in total. The molecule has 0 aliphatic heterocycles. The van der Waals surface area contributed by atoms with E-state index in [1.54, 1.807) is 23.5 Å². The number of hydrogen-bond acceptors (Lipinski definition) is 4. The highest BCUT2D eigenvalue weighted by Gasteiger charge is 2.18. The number of carbonyl (C=O) groups excluding carboxylic acids is 1. The summed E-state index contributed by atoms with van der Waals surface area (Å²) in [4.78, 5) is 13.4. The number of amides is 1. The van der Waals surface area contributed by atoms with Gasteiger partial charge in [-0.25, -0.2) is 0 Å². The number of carbonyl (C=O) groups is 1. The summed E-state index contributed by atoms with van der Waals surface area (Å²) in [5.41, 5.74) is 0.450. The van der Waals surface area contributed by atoms with Crippen LogP contribution >= 0.6 is 11.3 Å². The molecule has 0 bridgehead atoms. The number of thiophene rings is 1. The maximum atomic E-state index is 12.3. The Morgan fingerprint density at radius 3 is 2.83 bits per heavy atom. The first-order valence-electron chi connectivity index (χ1n) is 7.64. The molecular weight excluding hydrogens is 310 g/mol. The van der Waals surface area contributed by atoms with Crippen molar-refractivity contribution in [2.24, 2.45) is 5.41 Å². The van der Waals surface area contributed by atoms with Crippen LogP contribution in [0.5, 0.6) is 5.75 Å². The fourth-order valence-corrected chi connectivity index (χ4v) is 2.70. The van der Waals surface area contributed by atoms with Gasteiger partial charge < -0.3 is 15.2 Å². The minimum atomic E-state index is -0.127. The van der Waals surface area contributed by atoms with E-state index in [9.17, 15) is 4.79 Å². The lowest BCUT2D eigenvalue weighted by Crippen LogP contribution is -2.34. The maximum absolute atomic E-state index is 12.3. The number of benzene rings is 1. The number of hydrogen-bond donors (Lipinski definition) is 2. The summed E-state index contributed by atoms with van der Waals surface area (Å²) in [6.07, 6.45) is 0.650. The molecule has 0 saturated carbocycles. The summed E-state index contributed by atoms with van der Waals surface area (Å²) in [5.74, 6) is 0.554. The smallest absolute Gasteiger partial charge is 0.251 e. The Bertz CT molecular complexity index is 623. The Kier molecular flexibility index (Phi) is 6.19. The van der Waals surface area contributed by atoms with Gasteiger partial charge in [-0.15, -0.1) is 11.3 Å². The molecule has 1 heterocycles. The molecule has 5 heteroatoms. The molecule has 0 atom stereocenters. The molecule has 1 aromatic carbocycles. The van der Waals surface area contributed by atoms with Gasteiger partial charge in [-0.05, 0) is 41.5 Å². The monoisotopic (exact) mass is 333 g/mol. The van der Waals surface area contributed by atoms with Crippen LogP contribution in [0.3, 0.4) is 0 Å². The highest BCUT2D eigenvalue weighted by molar-refractivity contribution is 7.09. The quantitative estimate of drug-likeness (QED) is 0.778. The van der Waals surface area contributed by atoms with E-state index in [-0.39, 0.29) is 17.9 Å². The third kappa shape index (κ3) is 5.69. The van der Waals surface area contributed by atoms with E-state index in [0.717, 1.165) is 4.88 Å². The second kappa shape index (κ2) is 8.13. The molecule has 0 aliphatic rings. The summed E-state index contributed by atoms with van der Waals surface area (Å²) in [6, 6.07) is 11.2. The number of ether oxygens (including phenoxy) is 1. The predicted molar refractivity (Wildman–Crippen MR) is 92.9 cm³/mol. The number of rotatable bonds is 8. The van der Waals surface area contributed by atoms with Crippen LogP contribution in [0.25, 0.3) is 0 Å². The average molecular weight is 333 g/mol. The van der Waals surface area contributed by atoms with Crippen molar-refractivity contribution in [1.29, 1.82) is 0 Å². The van der Waals surface area contributed by atoms with Gasteiger partial charge >= 0.3 is 0 Å². The van der Waals surface area contributed by atoms with E-state index in [0.29, 0.717) is 30.9 Å². The van der Waals surface area contributed by atoms with E-state index < -0.39 is 0 Å². The Morgan fingerprint density at radius 1 is 1.30 bits per heavy atom. The molecule has 2 aromatic rings. The van der Waals surface area contributed by atoms with Gasteiger partial charge in [0, 0.05) is 23.6 Å². The largest absolute Gasteiger partial charge is 0.488 e. The van der Waals surface area contributed by atoms with Crippen molar-refractivity contribution in [2.45, 2.75) is 26.9 Å². The van der Waals surface area contributed by atoms with Gasteiger partial charge in [0.1, 0.15) is 12.4 Å². The molecule has 0 saturated heterocycles. The van der Waals surface area contributed by atoms with Crippen LogP contribution in [0.15, 0.2) is 41.8 Å². The lowest BCUT2D eigenvalue weighted by atomic mass is 9.89. The zero-order valence-electron chi connectivity index (χ0n) is 13.5. The fraction of sp³-hybridized carbons (Fsp3) is 0.389. The van der Waals surface area contributed by atoms with Crippen molar-refractivity contribution in [1.82, 2.24) is 5.32 Å². The summed E-state index contributed by atoms with van der Waals surface area (Å²) in [5, 5.41) is 14.0. The van der Waals surface area contributed by atoms with Crippen molar-refractivity contribution >= 4 is 17.2 Å². The van der Waals surface area contributed by atoms with Crippen molar-refractivity contribution in [3.8, 4) is 5.75 Å². The number of aliphatic hydroxyl groups is 1. The second-order valence-electron chi connectivity index (χ2n) is 6.22. The molecule has 124 valence electrons. The predicted octanol–water partition coefficient (Wildman–Crippen LogP) is 3.47. The van der Waals surface area contributed by atoms with Gasteiger partial charge in [-0.3, -0.25) is 4.79 Å². The summed E-state index contributed by atoms with van der Waals surface area (Å²) in [6.45, 7) is 5.18. The van der Waals surface area contributed by atoms with Gasteiger partial charge in [0.15, 0.2) is 0 Å². The topological polar surface area (TPSA) is 58.6 Å². The highest BCUT2D eigenvalue weighted by Crippen LogP contribution is 2.19. The van der Waals surface area contributed by atoms with Gasteiger partial charge in [0.2, 0.25) is 0 Å². The van der Waals surface area contributed by atoms with Crippen LogP contribution in [0.2, 0.25) is 0 Å². The van der Waals surface area contributed by atoms with Crippen molar-refractivity contribution in [3.63, 3.8) is 0 Å². The minimum Gasteiger partial charge on any atom is -0.488 e. The number of aliphatic hydroxyl groups excluding tert-OH is 1. The lowest BCUT2D eigenvalue weighted by molar-refractivity contribution is 0.0927. The molecule has 0 spiro atoms. The zero-order valence-corrected chi connectivity index (χ0v) is 14.4. The molecule has 2 rings (SSSR count). The van der Waals surface area contributed by atoms with Crippen LogP contribution in [-0.4, -0.2) is 24.2 Å². The average Bonchev–Trinajstić information content (AvgIpc) is 3.04. The van der Waals surface area contributed by atoms with E-state index >= 15 is 0 Å². The lowest BCUT2D eigenvalue weighted by Gasteiger charge is -2.23. The Labute approximate surface area is 141 Å². The minimum absolute atomic E-state index is 0.120. The molecule has 23 heavy (non-hydrogen) atoms. The normalized spacial score (nSPS) is 11.3. The molecule has 1 amide bonds. The van der Waals surface area contributed by atoms with Gasteiger partial charge in [0.05, 0.1) is 0 Å². The van der Waals surface area contributed by atoms with Crippen molar-refractivity contribution < 1.29 is 14.6 Å². The third-order valence-electron chi connectivity index (χ3n) is 3.57. The Hall–Kier alpha value is -1.85. The summed E-state index contributed by atoms with van der Waals surface area (Å²) in [7, 11) is 0. The van der Waals surface area contributed by atoms with Crippen molar-refractivity contribution in [3.05, 3.63) is 52.2 Å². The second-order valence-corrected chi connectivity index (χ2v) is 7.25. The van der Waals surface area contributed by atoms with E-state index in [4.69, 9.17) is 9.84 Å². The summed E-state index contributed by atoms with van der Waals surface area (Å²) < 4.78 is 5.72. The van der Waals surface area contributed by atoms with E-state index in [2.05, 4.69) is 5.32 Å². The van der Waals surface area contributed by atoms with Crippen LogP contribution < -0.4 is 10.1 Å². The molecule has 1 aromatic heterocycles. The highest BCUT2D eigenvalue weighted by atomic mass is 32.1. The summed E-state index contributed by atoms with van der Waals surface area (Å²) >= 11 is 1.64. The Balaban J connectivity index is 1.91.